The number of pyridine rings is 1. The lowest BCUT2D eigenvalue weighted by atomic mass is 9.88. The predicted octanol–water partition coefficient (Wildman–Crippen LogP) is 2.62. The fraction of sp³-hybridized carbons (Fsp3) is 0.250. The summed E-state index contributed by atoms with van der Waals surface area (Å²) in [5.74, 6) is -1.40. The molecule has 2 aromatic rings. The summed E-state index contributed by atoms with van der Waals surface area (Å²) in [6.45, 7) is 1.54. The van der Waals surface area contributed by atoms with Crippen LogP contribution >= 0.6 is 0 Å². The summed E-state index contributed by atoms with van der Waals surface area (Å²) in [7, 11) is 6.19. The van der Waals surface area contributed by atoms with E-state index in [4.69, 9.17) is 9.47 Å². The van der Waals surface area contributed by atoms with Crippen molar-refractivity contribution in [3.05, 3.63) is 70.3 Å². The molecule has 9 nitrogen and oxygen atoms in total. The molecule has 0 atom stereocenters. The fourth-order valence-corrected chi connectivity index (χ4v) is 3.52. The largest absolute Gasteiger partial charge is 0.507 e. The van der Waals surface area contributed by atoms with Gasteiger partial charge < -0.3 is 24.8 Å². The number of allylic oxidation sites excluding steroid dienone is 2. The zero-order valence-electron chi connectivity index (χ0n) is 19.1. The normalized spacial score (nSPS) is 13.8. The quantitative estimate of drug-likeness (QED) is 0.617. The average Bonchev–Trinajstić information content (AvgIpc) is 2.80. The third-order valence-corrected chi connectivity index (χ3v) is 5.24. The Bertz CT molecular complexity index is 1200. The standard InChI is InChI=1S/C24H25N3O6/c1-13-15(20(30)22(33-5)21(32-4)19(13)29)11-14-8-9-18(28)16(12-14)24(31)26-17-7-6-10-25-23(17)27(2)3/h6-10,12,28H,11H2,1-5H3,(H,26,31). The first-order valence-electron chi connectivity index (χ1n) is 10.1. The van der Waals surface area contributed by atoms with Crippen LogP contribution in [0, 0.1) is 0 Å². The summed E-state index contributed by atoms with van der Waals surface area (Å²) in [6.07, 6.45) is 1.68. The highest BCUT2D eigenvalue weighted by Gasteiger charge is 2.34. The maximum absolute atomic E-state index is 12.9. The van der Waals surface area contributed by atoms with E-state index in [1.54, 1.807) is 50.3 Å². The molecule has 0 saturated carbocycles. The Kier molecular flexibility index (Phi) is 6.81. The molecule has 0 bridgehead atoms. The third-order valence-electron chi connectivity index (χ3n) is 5.24. The first-order chi connectivity index (χ1) is 15.7. The highest BCUT2D eigenvalue weighted by atomic mass is 16.5. The number of anilines is 2. The Morgan fingerprint density at radius 2 is 1.76 bits per heavy atom. The molecule has 0 radical (unpaired) electrons. The molecule has 1 aromatic heterocycles. The second kappa shape index (κ2) is 9.56. The molecule has 33 heavy (non-hydrogen) atoms. The molecule has 0 spiro atoms. The molecule has 172 valence electrons. The summed E-state index contributed by atoms with van der Waals surface area (Å²) < 4.78 is 10.2. The van der Waals surface area contributed by atoms with Gasteiger partial charge in [-0.25, -0.2) is 4.98 Å². The number of hydrogen-bond acceptors (Lipinski definition) is 8. The van der Waals surface area contributed by atoms with E-state index in [2.05, 4.69) is 10.3 Å². The van der Waals surface area contributed by atoms with E-state index in [1.807, 2.05) is 0 Å². The topological polar surface area (TPSA) is 118 Å². The van der Waals surface area contributed by atoms with Crippen LogP contribution < -0.4 is 10.2 Å². The Labute approximate surface area is 191 Å². The van der Waals surface area contributed by atoms with Crippen molar-refractivity contribution in [2.24, 2.45) is 0 Å². The molecular weight excluding hydrogens is 426 g/mol. The van der Waals surface area contributed by atoms with E-state index >= 15 is 0 Å². The van der Waals surface area contributed by atoms with Crippen LogP contribution in [0.2, 0.25) is 0 Å². The number of aromatic hydroxyl groups is 1. The zero-order chi connectivity index (χ0) is 24.3. The number of ketones is 2. The van der Waals surface area contributed by atoms with E-state index in [1.165, 1.54) is 26.4 Å². The van der Waals surface area contributed by atoms with E-state index in [0.717, 1.165) is 0 Å². The van der Waals surface area contributed by atoms with E-state index < -0.39 is 17.5 Å². The summed E-state index contributed by atoms with van der Waals surface area (Å²) in [6, 6.07) is 7.83. The number of methoxy groups -OCH3 is 2. The maximum Gasteiger partial charge on any atom is 0.259 e. The Balaban J connectivity index is 1.91. The molecule has 1 aliphatic carbocycles. The number of phenols is 1. The lowest BCUT2D eigenvalue weighted by molar-refractivity contribution is -0.121. The summed E-state index contributed by atoms with van der Waals surface area (Å²) in [5.41, 5.74) is 1.53. The molecule has 0 saturated heterocycles. The summed E-state index contributed by atoms with van der Waals surface area (Å²) in [5, 5.41) is 13.1. The number of rotatable bonds is 7. The van der Waals surface area contributed by atoms with Gasteiger partial charge in [-0.2, -0.15) is 0 Å². The number of benzene rings is 1. The van der Waals surface area contributed by atoms with Gasteiger partial charge in [0.05, 0.1) is 25.5 Å². The first kappa shape index (κ1) is 23.5. The van der Waals surface area contributed by atoms with Gasteiger partial charge >= 0.3 is 0 Å². The van der Waals surface area contributed by atoms with Gasteiger partial charge in [0.1, 0.15) is 5.75 Å². The number of carbonyl (C=O) groups is 3. The molecule has 0 unspecified atom stereocenters. The van der Waals surface area contributed by atoms with Crippen molar-refractivity contribution in [1.29, 1.82) is 0 Å². The summed E-state index contributed by atoms with van der Waals surface area (Å²) >= 11 is 0. The van der Waals surface area contributed by atoms with Gasteiger partial charge in [0, 0.05) is 37.9 Å². The van der Waals surface area contributed by atoms with Crippen LogP contribution in [0.1, 0.15) is 22.8 Å². The summed E-state index contributed by atoms with van der Waals surface area (Å²) in [4.78, 5) is 44.4. The number of carbonyl (C=O) groups excluding carboxylic acids is 3. The maximum atomic E-state index is 12.9. The lowest BCUT2D eigenvalue weighted by Crippen LogP contribution is -2.26. The van der Waals surface area contributed by atoms with Gasteiger partial charge in [-0.05, 0) is 36.8 Å². The predicted molar refractivity (Wildman–Crippen MR) is 122 cm³/mol. The van der Waals surface area contributed by atoms with Crippen LogP contribution in [-0.2, 0) is 25.5 Å². The van der Waals surface area contributed by atoms with Gasteiger partial charge in [-0.15, -0.1) is 0 Å². The number of ether oxygens (including phenoxy) is 2. The van der Waals surface area contributed by atoms with Gasteiger partial charge in [0.15, 0.2) is 5.82 Å². The minimum absolute atomic E-state index is 0.0222. The van der Waals surface area contributed by atoms with Crippen molar-refractivity contribution >= 4 is 29.0 Å². The molecule has 1 aliphatic rings. The van der Waals surface area contributed by atoms with E-state index in [0.29, 0.717) is 17.1 Å². The van der Waals surface area contributed by atoms with E-state index in [-0.39, 0.29) is 40.4 Å². The van der Waals surface area contributed by atoms with Crippen LogP contribution in [0.5, 0.6) is 5.75 Å². The minimum Gasteiger partial charge on any atom is -0.507 e. The number of phenolic OH excluding ortho intramolecular Hbond substituents is 1. The molecule has 2 N–H and O–H groups in total. The van der Waals surface area contributed by atoms with Crippen molar-refractivity contribution in [3.8, 4) is 5.75 Å². The van der Waals surface area contributed by atoms with Crippen LogP contribution in [0.3, 0.4) is 0 Å². The van der Waals surface area contributed by atoms with Gasteiger partial charge in [0.2, 0.25) is 23.1 Å². The van der Waals surface area contributed by atoms with Gasteiger partial charge in [-0.3, -0.25) is 14.4 Å². The highest BCUT2D eigenvalue weighted by molar-refractivity contribution is 6.23. The Hall–Kier alpha value is -4.14. The zero-order valence-corrected chi connectivity index (χ0v) is 19.1. The van der Waals surface area contributed by atoms with Crippen LogP contribution in [0.25, 0.3) is 0 Å². The molecule has 1 aromatic carbocycles. The lowest BCUT2D eigenvalue weighted by Gasteiger charge is -2.20. The van der Waals surface area contributed by atoms with Crippen LogP contribution in [0.15, 0.2) is 59.2 Å². The second-order valence-electron chi connectivity index (χ2n) is 7.58. The first-order valence-corrected chi connectivity index (χ1v) is 10.1. The molecular formula is C24H25N3O6. The molecule has 9 heteroatoms. The van der Waals surface area contributed by atoms with E-state index in [9.17, 15) is 19.5 Å². The molecule has 1 heterocycles. The number of nitrogens with zero attached hydrogens (tertiary/aromatic N) is 2. The molecule has 3 rings (SSSR count). The third kappa shape index (κ3) is 4.57. The minimum atomic E-state index is -0.540. The fourth-order valence-electron chi connectivity index (χ4n) is 3.52. The van der Waals surface area contributed by atoms with Crippen LogP contribution in [0.4, 0.5) is 11.5 Å². The van der Waals surface area contributed by atoms with Crippen molar-refractivity contribution in [2.75, 3.05) is 38.5 Å². The SMILES string of the molecule is COC1=C(OC)C(=O)C(Cc2ccc(O)c(C(=O)Nc3cccnc3N(C)C)c2)=C(C)C1=O. The smallest absolute Gasteiger partial charge is 0.259 e. The molecule has 1 amide bonds. The Morgan fingerprint density at radius 1 is 1.09 bits per heavy atom. The van der Waals surface area contributed by atoms with Crippen molar-refractivity contribution < 1.29 is 29.0 Å². The van der Waals surface area contributed by atoms with Gasteiger partial charge in [0.25, 0.3) is 5.91 Å². The van der Waals surface area contributed by atoms with Crippen molar-refractivity contribution in [2.45, 2.75) is 13.3 Å². The molecule has 0 fully saturated rings. The molecule has 0 aliphatic heterocycles. The highest BCUT2D eigenvalue weighted by Crippen LogP contribution is 2.30. The van der Waals surface area contributed by atoms with Crippen LogP contribution in [-0.4, -0.2) is 55.9 Å². The number of aromatic nitrogens is 1. The number of hydrogen-bond donors (Lipinski definition) is 2. The Morgan fingerprint density at radius 3 is 2.39 bits per heavy atom. The van der Waals surface area contributed by atoms with Crippen molar-refractivity contribution in [1.82, 2.24) is 4.98 Å². The van der Waals surface area contributed by atoms with Crippen molar-refractivity contribution in [3.63, 3.8) is 0 Å². The van der Waals surface area contributed by atoms with Gasteiger partial charge in [-0.1, -0.05) is 6.07 Å². The average molecular weight is 451 g/mol. The number of amides is 1. The number of nitrogens with one attached hydrogen (secondary N) is 1. The second-order valence-corrected chi connectivity index (χ2v) is 7.58. The monoisotopic (exact) mass is 451 g/mol. The number of Topliss-reactive ketones (excluding diaryl/α,β-unsaturated/α-hetero) is 2.